The molecule has 1 aromatic heterocycles. The molecule has 2 heterocycles. The molecule has 0 spiro atoms. The molecule has 11 heteroatoms. The fourth-order valence-corrected chi connectivity index (χ4v) is 4.29. The smallest absolute Gasteiger partial charge is 0.274 e. The van der Waals surface area contributed by atoms with E-state index in [4.69, 9.17) is 5.14 Å². The third-order valence-electron chi connectivity index (χ3n) is 3.34. The Morgan fingerprint density at radius 2 is 2.14 bits per heavy atom. The van der Waals surface area contributed by atoms with Crippen molar-refractivity contribution in [2.75, 3.05) is 19.6 Å². The number of hydrogen-bond donors (Lipinski definition) is 2. The lowest BCUT2D eigenvalue weighted by Crippen LogP contribution is -2.44. The molecule has 9 nitrogen and oxygen atoms in total. The summed E-state index contributed by atoms with van der Waals surface area (Å²) in [6.07, 6.45) is 4.29. The van der Waals surface area contributed by atoms with Crippen LogP contribution in [0.1, 0.15) is 12.8 Å². The van der Waals surface area contributed by atoms with Gasteiger partial charge in [-0.3, -0.25) is 0 Å². The van der Waals surface area contributed by atoms with Crippen molar-refractivity contribution in [1.29, 1.82) is 0 Å². The maximum Gasteiger partial charge on any atom is 0.274 e. The topological polar surface area (TPSA) is 127 Å². The van der Waals surface area contributed by atoms with Gasteiger partial charge in [-0.25, -0.2) is 23.3 Å². The molecule has 120 valence electrons. The number of nitrogens with one attached hydrogen (secondary N) is 1. The molecule has 1 fully saturated rings. The monoisotopic (exact) mass is 337 g/mol. The number of rotatable bonds is 5. The summed E-state index contributed by atoms with van der Waals surface area (Å²) in [6, 6.07) is 0. The third kappa shape index (κ3) is 4.23. The molecule has 1 atom stereocenters. The van der Waals surface area contributed by atoms with Crippen molar-refractivity contribution in [3.63, 3.8) is 0 Å². The molecular weight excluding hydrogens is 318 g/mol. The van der Waals surface area contributed by atoms with Gasteiger partial charge in [-0.2, -0.15) is 12.7 Å². The number of piperidine rings is 1. The van der Waals surface area contributed by atoms with Crippen LogP contribution in [-0.2, 0) is 27.3 Å². The van der Waals surface area contributed by atoms with E-state index in [9.17, 15) is 16.8 Å². The van der Waals surface area contributed by atoms with Crippen LogP contribution in [0.4, 0.5) is 0 Å². The molecule has 1 aromatic rings. The van der Waals surface area contributed by atoms with Gasteiger partial charge in [0.05, 0.1) is 6.33 Å². The van der Waals surface area contributed by atoms with Gasteiger partial charge in [-0.05, 0) is 18.8 Å². The van der Waals surface area contributed by atoms with Crippen molar-refractivity contribution in [2.24, 2.45) is 18.1 Å². The van der Waals surface area contributed by atoms with E-state index >= 15 is 0 Å². The molecule has 0 bridgehead atoms. The van der Waals surface area contributed by atoms with Crippen molar-refractivity contribution in [3.8, 4) is 0 Å². The molecular formula is C10H19N5O4S2. The summed E-state index contributed by atoms with van der Waals surface area (Å²) in [5, 5.41) is 4.89. The maximum atomic E-state index is 12.4. The first-order chi connectivity index (χ1) is 9.68. The average Bonchev–Trinajstić information content (AvgIpc) is 2.83. The summed E-state index contributed by atoms with van der Waals surface area (Å²) in [7, 11) is -5.70. The van der Waals surface area contributed by atoms with E-state index in [1.165, 1.54) is 16.8 Å². The Morgan fingerprint density at radius 3 is 2.71 bits per heavy atom. The molecule has 21 heavy (non-hydrogen) atoms. The summed E-state index contributed by atoms with van der Waals surface area (Å²) in [5.74, 6) is -0.101. The van der Waals surface area contributed by atoms with Crippen LogP contribution < -0.4 is 9.86 Å². The lowest BCUT2D eigenvalue weighted by atomic mass is 10.0. The Morgan fingerprint density at radius 1 is 1.43 bits per heavy atom. The fraction of sp³-hybridized carbons (Fsp3) is 0.700. The van der Waals surface area contributed by atoms with E-state index in [0.717, 1.165) is 6.42 Å². The van der Waals surface area contributed by atoms with E-state index < -0.39 is 20.2 Å². The zero-order chi connectivity index (χ0) is 15.7. The van der Waals surface area contributed by atoms with Crippen molar-refractivity contribution < 1.29 is 16.8 Å². The summed E-state index contributed by atoms with van der Waals surface area (Å²) in [5.41, 5.74) is 0. The minimum absolute atomic E-state index is 0.00468. The van der Waals surface area contributed by atoms with Gasteiger partial charge in [-0.15, -0.1) is 0 Å². The van der Waals surface area contributed by atoms with Crippen LogP contribution in [0.2, 0.25) is 0 Å². The van der Waals surface area contributed by atoms with Crippen LogP contribution >= 0.6 is 0 Å². The molecule has 1 aliphatic rings. The summed E-state index contributed by atoms with van der Waals surface area (Å²) in [6.45, 7) is 0.791. The van der Waals surface area contributed by atoms with E-state index in [-0.39, 0.29) is 24.0 Å². The van der Waals surface area contributed by atoms with Crippen molar-refractivity contribution >= 4 is 20.2 Å². The predicted molar refractivity (Wildman–Crippen MR) is 75.8 cm³/mol. The molecule has 0 saturated carbocycles. The third-order valence-corrected chi connectivity index (χ3v) is 5.66. The van der Waals surface area contributed by atoms with Gasteiger partial charge in [0.1, 0.15) is 0 Å². The highest BCUT2D eigenvalue weighted by atomic mass is 32.2. The van der Waals surface area contributed by atoms with Gasteiger partial charge < -0.3 is 4.57 Å². The van der Waals surface area contributed by atoms with Crippen LogP contribution in [-0.4, -0.2) is 50.3 Å². The standard InChI is InChI=1S/C10H19N5O4S2/c1-14-7-10(12-8-14)20(16,17)15-4-2-3-9(6-15)5-13-21(11,18)19/h7-9,13H,2-6H2,1H3,(H2,11,18,19). The highest BCUT2D eigenvalue weighted by molar-refractivity contribution is 7.89. The molecule has 1 unspecified atom stereocenters. The van der Waals surface area contributed by atoms with E-state index in [1.54, 1.807) is 11.6 Å². The van der Waals surface area contributed by atoms with Gasteiger partial charge in [0.25, 0.3) is 20.2 Å². The van der Waals surface area contributed by atoms with E-state index in [0.29, 0.717) is 13.0 Å². The van der Waals surface area contributed by atoms with Gasteiger partial charge in [0.15, 0.2) is 5.03 Å². The van der Waals surface area contributed by atoms with Gasteiger partial charge in [-0.1, -0.05) is 0 Å². The highest BCUT2D eigenvalue weighted by Crippen LogP contribution is 2.22. The first kappa shape index (κ1) is 16.4. The second kappa shape index (κ2) is 6.01. The predicted octanol–water partition coefficient (Wildman–Crippen LogP) is -1.39. The van der Waals surface area contributed by atoms with Gasteiger partial charge >= 0.3 is 0 Å². The zero-order valence-corrected chi connectivity index (χ0v) is 13.3. The Labute approximate surface area is 124 Å². The molecule has 1 saturated heterocycles. The largest absolute Gasteiger partial charge is 0.339 e. The van der Waals surface area contributed by atoms with Crippen LogP contribution in [0.5, 0.6) is 0 Å². The minimum Gasteiger partial charge on any atom is -0.339 e. The first-order valence-electron chi connectivity index (χ1n) is 6.44. The number of nitrogens with two attached hydrogens (primary N) is 1. The second-order valence-corrected chi connectivity index (χ2v) is 8.41. The first-order valence-corrected chi connectivity index (χ1v) is 9.42. The molecule has 3 N–H and O–H groups in total. The summed E-state index contributed by atoms with van der Waals surface area (Å²) >= 11 is 0. The highest BCUT2D eigenvalue weighted by Gasteiger charge is 2.31. The SMILES string of the molecule is Cn1cnc(S(=O)(=O)N2CCCC(CNS(N)(=O)=O)C2)c1. The second-order valence-electron chi connectivity index (χ2n) is 5.14. The Balaban J connectivity index is 2.07. The fourth-order valence-electron chi connectivity index (χ4n) is 2.30. The lowest BCUT2D eigenvalue weighted by molar-refractivity contribution is 0.267. The van der Waals surface area contributed by atoms with Crippen LogP contribution in [0.3, 0.4) is 0 Å². The van der Waals surface area contributed by atoms with E-state index in [2.05, 4.69) is 9.71 Å². The number of imidazole rings is 1. The van der Waals surface area contributed by atoms with Gasteiger partial charge in [0, 0.05) is 32.9 Å². The Hall–Kier alpha value is -1.01. The molecule has 0 aliphatic carbocycles. The number of hydrogen-bond acceptors (Lipinski definition) is 5. The molecule has 0 amide bonds. The van der Waals surface area contributed by atoms with E-state index in [1.807, 2.05) is 0 Å². The normalized spacial score (nSPS) is 21.5. The zero-order valence-electron chi connectivity index (χ0n) is 11.6. The minimum atomic E-state index is -3.76. The van der Waals surface area contributed by atoms with Crippen LogP contribution in [0.15, 0.2) is 17.6 Å². The van der Waals surface area contributed by atoms with Crippen molar-refractivity contribution in [2.45, 2.75) is 17.9 Å². The Kier molecular flexibility index (Phi) is 4.68. The molecule has 1 aliphatic heterocycles. The maximum absolute atomic E-state index is 12.4. The van der Waals surface area contributed by atoms with Crippen molar-refractivity contribution in [3.05, 3.63) is 12.5 Å². The van der Waals surface area contributed by atoms with Crippen LogP contribution in [0.25, 0.3) is 0 Å². The number of aryl methyl sites for hydroxylation is 1. The summed E-state index contributed by atoms with van der Waals surface area (Å²) in [4.78, 5) is 3.87. The number of nitrogens with zero attached hydrogens (tertiary/aromatic N) is 3. The average molecular weight is 337 g/mol. The Bertz CT molecular complexity index is 697. The van der Waals surface area contributed by atoms with Crippen molar-refractivity contribution in [1.82, 2.24) is 18.6 Å². The van der Waals surface area contributed by atoms with Crippen LogP contribution in [0, 0.1) is 5.92 Å². The quantitative estimate of drug-likeness (QED) is 0.684. The number of aromatic nitrogens is 2. The van der Waals surface area contributed by atoms with Gasteiger partial charge in [0.2, 0.25) is 0 Å². The molecule has 0 aromatic carbocycles. The lowest BCUT2D eigenvalue weighted by Gasteiger charge is -2.31. The number of sulfonamides is 1. The summed E-state index contributed by atoms with van der Waals surface area (Å²) < 4.78 is 51.8. The molecule has 0 radical (unpaired) electrons. The molecule has 2 rings (SSSR count).